The number of aromatic nitrogens is 4. The number of phenols is 1. The van der Waals surface area contributed by atoms with Crippen LogP contribution in [0.1, 0.15) is 73.8 Å². The summed E-state index contributed by atoms with van der Waals surface area (Å²) in [5, 5.41) is 10.5. The van der Waals surface area contributed by atoms with Crippen molar-refractivity contribution in [3.8, 4) is 5.75 Å². The first kappa shape index (κ1) is 47.3. The zero-order valence-corrected chi connectivity index (χ0v) is 42.3. The first-order valence-electron chi connectivity index (χ1n) is 25.4. The van der Waals surface area contributed by atoms with E-state index in [4.69, 9.17) is 9.98 Å². The highest BCUT2D eigenvalue weighted by atomic mass is 16.3. The molecule has 0 saturated heterocycles. The zero-order valence-electron chi connectivity index (χ0n) is 42.3. The van der Waals surface area contributed by atoms with Gasteiger partial charge in [-0.15, -0.1) is 0 Å². The Kier molecular flexibility index (Phi) is 12.2. The maximum absolute atomic E-state index is 12.9. The molecule has 3 aliphatic heterocycles. The summed E-state index contributed by atoms with van der Waals surface area (Å²) in [5.74, 6) is 0.166. The average Bonchev–Trinajstić information content (AvgIpc) is 4.30. The molecule has 7 heterocycles. The summed E-state index contributed by atoms with van der Waals surface area (Å²) in [5.41, 5.74) is 20.1. The van der Waals surface area contributed by atoms with Gasteiger partial charge in [0.05, 0.1) is 42.5 Å². The molecule has 10 heteroatoms. The first-order chi connectivity index (χ1) is 37.0. The second-order valence-electron chi connectivity index (χ2n) is 19.7. The third kappa shape index (κ3) is 9.11. The number of benzene rings is 4. The van der Waals surface area contributed by atoms with Gasteiger partial charge in [-0.25, -0.2) is 9.98 Å². The Morgan fingerprint density at radius 1 is 0.408 bits per heavy atom. The molecule has 2 N–H and O–H groups in total. The van der Waals surface area contributed by atoms with Crippen molar-refractivity contribution in [1.82, 2.24) is 18.7 Å². The highest BCUT2D eigenvalue weighted by Crippen LogP contribution is 2.41. The van der Waals surface area contributed by atoms with Crippen molar-refractivity contribution >= 4 is 33.7 Å². The molecular formula is C66H52N6O4. The maximum Gasteiger partial charge on any atom is 0.251 e. The minimum absolute atomic E-state index is 0.0405. The fourth-order valence-electron chi connectivity index (χ4n) is 10.7. The number of hydrogen-bond donors (Lipinski definition) is 2. The smallest absolute Gasteiger partial charge is 0.251 e. The van der Waals surface area contributed by atoms with Crippen molar-refractivity contribution < 1.29 is 5.11 Å². The standard InChI is InChI=1S/C66H52N6O4/c1-41-7-4-10-60(74)70(41)38-44-13-19-47(20-14-44)63-51-25-26-52(37-51)64(48-21-15-45(16-22-48)39-71-42(2)8-5-11-61(71)75)55-32-34-57(68-55)66(50-27-29-53(73)30-28-50)59-36-35-58(69-59)65(56-33-31-54(63)67-56)49-23-17-46(18-24-49)40-72-43(3)9-6-12-62(72)76/h4-36,69,73H,37-40H2,1-3H3. The lowest BCUT2D eigenvalue weighted by Gasteiger charge is -2.16. The van der Waals surface area contributed by atoms with Crippen LogP contribution >= 0.6 is 0 Å². The van der Waals surface area contributed by atoms with Crippen molar-refractivity contribution in [1.29, 1.82) is 0 Å². The van der Waals surface area contributed by atoms with Gasteiger partial charge in [-0.05, 0) is 144 Å². The lowest BCUT2D eigenvalue weighted by molar-refractivity contribution is 0.475. The van der Waals surface area contributed by atoms with E-state index in [2.05, 4.69) is 126 Å². The van der Waals surface area contributed by atoms with E-state index in [1.165, 1.54) is 0 Å². The Balaban J connectivity index is 1.04. The number of pyridine rings is 3. The molecule has 0 atom stereocenters. The highest BCUT2D eigenvalue weighted by molar-refractivity contribution is 6.34. The average molecular weight is 993 g/mol. The lowest BCUT2D eigenvalue weighted by atomic mass is 9.91. The van der Waals surface area contributed by atoms with E-state index in [1.807, 2.05) is 51.1 Å². The van der Waals surface area contributed by atoms with E-state index in [1.54, 1.807) is 62.2 Å². The predicted octanol–water partition coefficient (Wildman–Crippen LogP) is 11.7. The van der Waals surface area contributed by atoms with Gasteiger partial charge in [-0.1, -0.05) is 115 Å². The van der Waals surface area contributed by atoms with E-state index < -0.39 is 0 Å². The van der Waals surface area contributed by atoms with Gasteiger partial charge in [-0.2, -0.15) is 0 Å². The molecule has 370 valence electrons. The number of aromatic hydroxyl groups is 1. The predicted molar refractivity (Wildman–Crippen MR) is 305 cm³/mol. The minimum atomic E-state index is -0.0454. The fraction of sp³-hybridized carbons (Fsp3) is 0.106. The third-order valence-corrected chi connectivity index (χ3v) is 14.7. The lowest BCUT2D eigenvalue weighted by Crippen LogP contribution is -2.21. The van der Waals surface area contributed by atoms with Crippen LogP contribution in [0, 0.1) is 20.8 Å². The van der Waals surface area contributed by atoms with Gasteiger partial charge in [0.15, 0.2) is 0 Å². The van der Waals surface area contributed by atoms with Crippen LogP contribution in [0.3, 0.4) is 0 Å². The quantitative estimate of drug-likeness (QED) is 0.141. The van der Waals surface area contributed by atoms with Crippen LogP contribution in [0.5, 0.6) is 5.75 Å². The largest absolute Gasteiger partial charge is 0.508 e. The van der Waals surface area contributed by atoms with Crippen molar-refractivity contribution in [2.75, 3.05) is 0 Å². The molecule has 12 rings (SSSR count). The number of nitrogens with zero attached hydrogens (tertiary/aromatic N) is 5. The van der Waals surface area contributed by atoms with Gasteiger partial charge in [-0.3, -0.25) is 14.4 Å². The van der Waals surface area contributed by atoms with E-state index in [9.17, 15) is 19.5 Å². The van der Waals surface area contributed by atoms with Crippen LogP contribution < -0.4 is 16.7 Å². The number of allylic oxidation sites excluding steroid dienone is 10. The summed E-state index contributed by atoms with van der Waals surface area (Å²) in [6, 6.07) is 52.6. The molecule has 0 unspecified atom stereocenters. The second kappa shape index (κ2) is 19.6. The Morgan fingerprint density at radius 3 is 1.11 bits per heavy atom. The molecule has 0 saturated carbocycles. The Bertz CT molecular complexity index is 4160. The fourth-order valence-corrected chi connectivity index (χ4v) is 10.7. The molecule has 8 aromatic rings. The molecule has 4 aromatic carbocycles. The summed E-state index contributed by atoms with van der Waals surface area (Å²) in [6.07, 6.45) is 13.3. The Morgan fingerprint density at radius 2 is 0.750 bits per heavy atom. The van der Waals surface area contributed by atoms with Crippen LogP contribution in [0.25, 0.3) is 22.3 Å². The summed E-state index contributed by atoms with van der Waals surface area (Å²) in [7, 11) is 0. The normalized spacial score (nSPS) is 14.9. The topological polar surface area (TPSA) is 127 Å². The molecule has 8 bridgehead atoms. The summed E-state index contributed by atoms with van der Waals surface area (Å²) < 4.78 is 5.35. The summed E-state index contributed by atoms with van der Waals surface area (Å²) >= 11 is 0. The first-order valence-corrected chi connectivity index (χ1v) is 25.4. The number of aromatic amines is 1. The van der Waals surface area contributed by atoms with E-state index in [-0.39, 0.29) is 22.4 Å². The highest BCUT2D eigenvalue weighted by Gasteiger charge is 2.27. The van der Waals surface area contributed by atoms with Crippen molar-refractivity contribution in [3.63, 3.8) is 0 Å². The maximum atomic E-state index is 12.9. The molecule has 1 aliphatic carbocycles. The number of aryl methyl sites for hydroxylation is 3. The van der Waals surface area contributed by atoms with Crippen LogP contribution in [0.15, 0.2) is 247 Å². The Hall–Kier alpha value is -9.67. The molecule has 0 amide bonds. The van der Waals surface area contributed by atoms with Gasteiger partial charge in [0.1, 0.15) is 5.75 Å². The molecule has 4 aliphatic rings. The van der Waals surface area contributed by atoms with Crippen molar-refractivity contribution in [2.45, 2.75) is 46.8 Å². The SMILES string of the molecule is Cc1cccc(=O)n1Cc1ccc(C2=C3C=CC(=C(c4ccc(Cn5c(C)cccc5=O)cc4)C4=NC(=C(c5ccc(Cn6c(C)cccc6=O)cc5)c5ccc([nH]5)C(c5ccc(O)cc5)=C5C=CC2=N5)C=C4)C3)cc1. The molecule has 4 aromatic heterocycles. The van der Waals surface area contributed by atoms with E-state index in [0.29, 0.717) is 26.1 Å². The molecule has 0 spiro atoms. The number of hydrogen-bond acceptors (Lipinski definition) is 6. The van der Waals surface area contributed by atoms with Crippen LogP contribution in [0.2, 0.25) is 0 Å². The van der Waals surface area contributed by atoms with Gasteiger partial charge in [0.25, 0.3) is 16.7 Å². The molecule has 0 radical (unpaired) electrons. The molecular weight excluding hydrogens is 941 g/mol. The van der Waals surface area contributed by atoms with Crippen LogP contribution in [-0.4, -0.2) is 35.2 Å². The summed E-state index contributed by atoms with van der Waals surface area (Å²) in [4.78, 5) is 53.6. The summed E-state index contributed by atoms with van der Waals surface area (Å²) in [6.45, 7) is 7.19. The third-order valence-electron chi connectivity index (χ3n) is 14.7. The number of phenolic OH excluding ortho intramolecular Hbond substituents is 1. The molecule has 0 fully saturated rings. The van der Waals surface area contributed by atoms with Gasteiger partial charge < -0.3 is 23.8 Å². The molecule has 76 heavy (non-hydrogen) atoms. The van der Waals surface area contributed by atoms with Gasteiger partial charge in [0, 0.05) is 69.0 Å². The molecule has 10 nitrogen and oxygen atoms in total. The van der Waals surface area contributed by atoms with Crippen LogP contribution in [-0.2, 0) is 19.6 Å². The number of H-pyrrole nitrogens is 1. The van der Waals surface area contributed by atoms with E-state index >= 15 is 0 Å². The van der Waals surface area contributed by atoms with Gasteiger partial charge in [0.2, 0.25) is 0 Å². The number of aliphatic imine (C=N–C) groups is 2. The van der Waals surface area contributed by atoms with Crippen LogP contribution in [0.4, 0.5) is 0 Å². The zero-order chi connectivity index (χ0) is 52.0. The van der Waals surface area contributed by atoms with Crippen molar-refractivity contribution in [3.05, 3.63) is 321 Å². The van der Waals surface area contributed by atoms with Crippen molar-refractivity contribution in [2.24, 2.45) is 9.98 Å². The van der Waals surface area contributed by atoms with E-state index in [0.717, 1.165) is 124 Å². The monoisotopic (exact) mass is 992 g/mol. The minimum Gasteiger partial charge on any atom is -0.508 e. The Labute approximate surface area is 439 Å². The number of nitrogens with one attached hydrogen (secondary N) is 1. The number of fused-ring (bicyclic) bond motifs is 6. The van der Waals surface area contributed by atoms with Gasteiger partial charge >= 0.3 is 0 Å². The number of rotatable bonds is 10. The second-order valence-corrected chi connectivity index (χ2v) is 19.7.